The van der Waals surface area contributed by atoms with Gasteiger partial charge in [0.25, 0.3) is 0 Å². The smallest absolute Gasteiger partial charge is 0.246 e. The summed E-state index contributed by atoms with van der Waals surface area (Å²) in [6.45, 7) is 1.13. The second-order valence-electron chi connectivity index (χ2n) is 6.46. The molecule has 3 rings (SSSR count). The summed E-state index contributed by atoms with van der Waals surface area (Å²) < 4.78 is 0. The van der Waals surface area contributed by atoms with Crippen LogP contribution in [0.1, 0.15) is 18.4 Å². The lowest BCUT2D eigenvalue weighted by atomic mass is 9.95. The third-order valence-corrected chi connectivity index (χ3v) is 5.32. The quantitative estimate of drug-likeness (QED) is 0.740. The zero-order valence-electron chi connectivity index (χ0n) is 14.7. The molecule has 2 aromatic rings. The van der Waals surface area contributed by atoms with Gasteiger partial charge in [-0.15, -0.1) is 0 Å². The van der Waals surface area contributed by atoms with E-state index in [4.69, 9.17) is 23.2 Å². The number of carbonyl (C=O) groups excluding carboxylic acids is 2. The highest BCUT2D eigenvalue weighted by Gasteiger charge is 2.26. The molecule has 4 nitrogen and oxygen atoms in total. The van der Waals surface area contributed by atoms with Gasteiger partial charge in [-0.1, -0.05) is 47.5 Å². The van der Waals surface area contributed by atoms with Gasteiger partial charge in [0.15, 0.2) is 0 Å². The first-order valence-corrected chi connectivity index (χ1v) is 9.56. The number of benzene rings is 2. The molecule has 27 heavy (non-hydrogen) atoms. The van der Waals surface area contributed by atoms with Gasteiger partial charge in [-0.05, 0) is 48.7 Å². The van der Waals surface area contributed by atoms with Crippen LogP contribution in [0.2, 0.25) is 10.0 Å². The van der Waals surface area contributed by atoms with Gasteiger partial charge in [-0.3, -0.25) is 9.59 Å². The molecule has 2 amide bonds. The summed E-state index contributed by atoms with van der Waals surface area (Å²) >= 11 is 11.9. The molecule has 0 atom stereocenters. The molecule has 1 aliphatic heterocycles. The zero-order valence-corrected chi connectivity index (χ0v) is 16.2. The summed E-state index contributed by atoms with van der Waals surface area (Å²) in [6.07, 6.45) is 4.57. The summed E-state index contributed by atoms with van der Waals surface area (Å²) in [7, 11) is 0. The SMILES string of the molecule is O=C(Nc1ccccc1)C1CCN(C(=O)/C=C/c2ccc(Cl)c(Cl)c2)CC1. The first-order valence-electron chi connectivity index (χ1n) is 8.81. The van der Waals surface area contributed by atoms with E-state index < -0.39 is 0 Å². The lowest BCUT2D eigenvalue weighted by molar-refractivity contribution is -0.130. The molecule has 6 heteroatoms. The van der Waals surface area contributed by atoms with E-state index >= 15 is 0 Å². The third kappa shape index (κ3) is 5.34. The number of halogens is 2. The van der Waals surface area contributed by atoms with Crippen molar-refractivity contribution in [2.75, 3.05) is 18.4 Å². The number of hydrogen-bond donors (Lipinski definition) is 1. The highest BCUT2D eigenvalue weighted by molar-refractivity contribution is 6.42. The minimum absolute atomic E-state index is 0.0136. The average Bonchev–Trinajstić information content (AvgIpc) is 2.69. The normalized spacial score (nSPS) is 15.1. The van der Waals surface area contributed by atoms with Gasteiger partial charge >= 0.3 is 0 Å². The number of carbonyl (C=O) groups is 2. The number of para-hydroxylation sites is 1. The summed E-state index contributed by atoms with van der Waals surface area (Å²) in [6, 6.07) is 14.6. The van der Waals surface area contributed by atoms with Crippen LogP contribution in [-0.2, 0) is 9.59 Å². The average molecular weight is 403 g/mol. The maximum Gasteiger partial charge on any atom is 0.246 e. The highest BCUT2D eigenvalue weighted by atomic mass is 35.5. The number of hydrogen-bond acceptors (Lipinski definition) is 2. The molecule has 1 N–H and O–H groups in total. The van der Waals surface area contributed by atoms with E-state index in [-0.39, 0.29) is 17.7 Å². The fraction of sp³-hybridized carbons (Fsp3) is 0.238. The van der Waals surface area contributed by atoms with E-state index in [1.165, 1.54) is 6.08 Å². The topological polar surface area (TPSA) is 49.4 Å². The Labute approximate surface area is 168 Å². The summed E-state index contributed by atoms with van der Waals surface area (Å²) in [5, 5.41) is 3.87. The molecule has 0 saturated carbocycles. The minimum Gasteiger partial charge on any atom is -0.339 e. The van der Waals surface area contributed by atoms with Crippen LogP contribution in [-0.4, -0.2) is 29.8 Å². The fourth-order valence-corrected chi connectivity index (χ4v) is 3.32. The van der Waals surface area contributed by atoms with E-state index in [0.717, 1.165) is 11.3 Å². The monoisotopic (exact) mass is 402 g/mol. The predicted octanol–water partition coefficient (Wildman–Crippen LogP) is 4.88. The Morgan fingerprint density at radius 1 is 1.00 bits per heavy atom. The summed E-state index contributed by atoms with van der Waals surface area (Å²) in [5.74, 6) is -0.129. The van der Waals surface area contributed by atoms with Crippen LogP contribution in [0, 0.1) is 5.92 Å². The molecule has 1 fully saturated rings. The van der Waals surface area contributed by atoms with Crippen molar-refractivity contribution in [3.05, 3.63) is 70.2 Å². The number of likely N-dealkylation sites (tertiary alicyclic amines) is 1. The molecule has 0 aliphatic carbocycles. The van der Waals surface area contributed by atoms with Gasteiger partial charge in [0.05, 0.1) is 10.0 Å². The minimum atomic E-state index is -0.0756. The molecule has 140 valence electrons. The zero-order chi connectivity index (χ0) is 19.2. The molecule has 0 unspecified atom stereocenters. The van der Waals surface area contributed by atoms with Crippen molar-refractivity contribution < 1.29 is 9.59 Å². The molecule has 1 saturated heterocycles. The summed E-state index contributed by atoms with van der Waals surface area (Å²) in [5.41, 5.74) is 1.61. The largest absolute Gasteiger partial charge is 0.339 e. The van der Waals surface area contributed by atoms with Crippen molar-refractivity contribution in [2.24, 2.45) is 5.92 Å². The Balaban J connectivity index is 1.50. The molecular formula is C21H20Cl2N2O2. The Kier molecular flexibility index (Phi) is 6.54. The lowest BCUT2D eigenvalue weighted by Crippen LogP contribution is -2.40. The van der Waals surface area contributed by atoms with Crippen LogP contribution in [0.3, 0.4) is 0 Å². The highest BCUT2D eigenvalue weighted by Crippen LogP contribution is 2.23. The Morgan fingerprint density at radius 3 is 2.37 bits per heavy atom. The van der Waals surface area contributed by atoms with Gasteiger partial charge in [-0.2, -0.15) is 0 Å². The molecular weight excluding hydrogens is 383 g/mol. The number of anilines is 1. The maximum absolute atomic E-state index is 12.4. The van der Waals surface area contributed by atoms with E-state index in [2.05, 4.69) is 5.32 Å². The van der Waals surface area contributed by atoms with Crippen molar-refractivity contribution in [3.63, 3.8) is 0 Å². The van der Waals surface area contributed by atoms with Crippen LogP contribution in [0.15, 0.2) is 54.6 Å². The fourth-order valence-electron chi connectivity index (χ4n) is 3.02. The van der Waals surface area contributed by atoms with Crippen LogP contribution >= 0.6 is 23.2 Å². The van der Waals surface area contributed by atoms with E-state index in [0.29, 0.717) is 36.0 Å². The maximum atomic E-state index is 12.4. The van der Waals surface area contributed by atoms with Crippen molar-refractivity contribution in [1.29, 1.82) is 0 Å². The van der Waals surface area contributed by atoms with Crippen LogP contribution in [0.5, 0.6) is 0 Å². The van der Waals surface area contributed by atoms with E-state index in [1.807, 2.05) is 30.3 Å². The lowest BCUT2D eigenvalue weighted by Gasteiger charge is -2.30. The van der Waals surface area contributed by atoms with E-state index in [1.54, 1.807) is 29.2 Å². The van der Waals surface area contributed by atoms with Gasteiger partial charge < -0.3 is 10.2 Å². The Morgan fingerprint density at radius 2 is 1.70 bits per heavy atom. The molecule has 1 aliphatic rings. The number of piperidine rings is 1. The summed E-state index contributed by atoms with van der Waals surface area (Å²) in [4.78, 5) is 26.5. The van der Waals surface area contributed by atoms with Crippen LogP contribution in [0.25, 0.3) is 6.08 Å². The van der Waals surface area contributed by atoms with Gasteiger partial charge in [0, 0.05) is 30.8 Å². The Hall–Kier alpha value is -2.30. The van der Waals surface area contributed by atoms with Crippen LogP contribution in [0.4, 0.5) is 5.69 Å². The molecule has 0 aromatic heterocycles. The predicted molar refractivity (Wildman–Crippen MR) is 110 cm³/mol. The number of nitrogens with one attached hydrogen (secondary N) is 1. The van der Waals surface area contributed by atoms with Crippen molar-refractivity contribution >= 4 is 46.8 Å². The number of amides is 2. The standard InChI is InChI=1S/C21H20Cl2N2O2/c22-18-8-6-15(14-19(18)23)7-9-20(26)25-12-10-16(11-13-25)21(27)24-17-4-2-1-3-5-17/h1-9,14,16H,10-13H2,(H,24,27)/b9-7+. The molecule has 0 radical (unpaired) electrons. The second kappa shape index (κ2) is 9.07. The van der Waals surface area contributed by atoms with Crippen LogP contribution < -0.4 is 5.32 Å². The van der Waals surface area contributed by atoms with E-state index in [9.17, 15) is 9.59 Å². The second-order valence-corrected chi connectivity index (χ2v) is 7.28. The van der Waals surface area contributed by atoms with Gasteiger partial charge in [0.1, 0.15) is 0 Å². The first kappa shape index (κ1) is 19.5. The molecule has 0 spiro atoms. The molecule has 1 heterocycles. The van der Waals surface area contributed by atoms with Crippen molar-refractivity contribution in [2.45, 2.75) is 12.8 Å². The molecule has 0 bridgehead atoms. The first-order chi connectivity index (χ1) is 13.0. The third-order valence-electron chi connectivity index (χ3n) is 4.58. The Bertz CT molecular complexity index is 845. The van der Waals surface area contributed by atoms with Crippen molar-refractivity contribution in [1.82, 2.24) is 4.90 Å². The van der Waals surface area contributed by atoms with Gasteiger partial charge in [0.2, 0.25) is 11.8 Å². The van der Waals surface area contributed by atoms with Crippen molar-refractivity contribution in [3.8, 4) is 0 Å². The number of rotatable bonds is 4. The number of nitrogens with zero attached hydrogens (tertiary/aromatic N) is 1. The van der Waals surface area contributed by atoms with Gasteiger partial charge in [-0.25, -0.2) is 0 Å². The molecule has 2 aromatic carbocycles.